The molecule has 0 aliphatic heterocycles. The highest BCUT2D eigenvalue weighted by Gasteiger charge is 2.05. The Bertz CT molecular complexity index is 380. The lowest BCUT2D eigenvalue weighted by atomic mass is 9.95. The minimum Gasteiger partial charge on any atom is -0.305 e. The number of rotatable bonds is 2. The van der Waals surface area contributed by atoms with Gasteiger partial charge in [-0.25, -0.2) is 0 Å². The van der Waals surface area contributed by atoms with Crippen LogP contribution in [0.1, 0.15) is 19.3 Å². The topological polar surface area (TPSA) is 47.7 Å². The van der Waals surface area contributed by atoms with Gasteiger partial charge in [-0.2, -0.15) is 0 Å². The maximum Gasteiger partial charge on any atom is 0.0351 e. The van der Waals surface area contributed by atoms with Crippen LogP contribution < -0.4 is 0 Å². The van der Waals surface area contributed by atoms with E-state index in [1.807, 2.05) is 24.3 Å². The van der Waals surface area contributed by atoms with Crippen LogP contribution >= 0.6 is 0 Å². The Labute approximate surface area is 89.7 Å². The van der Waals surface area contributed by atoms with Crippen molar-refractivity contribution in [3.05, 3.63) is 47.6 Å². The highest BCUT2D eigenvalue weighted by molar-refractivity contribution is 5.95. The SMILES string of the molecule is N=C1C=CC(CC2=CCC(=N)C=C2)=CC1. The van der Waals surface area contributed by atoms with Gasteiger partial charge in [-0.1, -0.05) is 24.3 Å². The smallest absolute Gasteiger partial charge is 0.0351 e. The van der Waals surface area contributed by atoms with Crippen LogP contribution in [0.4, 0.5) is 0 Å². The zero-order valence-electron chi connectivity index (χ0n) is 8.59. The Morgan fingerprint density at radius 3 is 1.60 bits per heavy atom. The molecule has 0 amide bonds. The zero-order valence-corrected chi connectivity index (χ0v) is 8.59. The molecule has 0 saturated carbocycles. The van der Waals surface area contributed by atoms with E-state index < -0.39 is 0 Å². The van der Waals surface area contributed by atoms with Crippen molar-refractivity contribution < 1.29 is 0 Å². The van der Waals surface area contributed by atoms with E-state index in [-0.39, 0.29) is 0 Å². The normalized spacial score (nSPS) is 20.3. The molecule has 2 rings (SSSR count). The molecular formula is C13H14N2. The van der Waals surface area contributed by atoms with Crippen molar-refractivity contribution in [3.63, 3.8) is 0 Å². The monoisotopic (exact) mass is 198 g/mol. The summed E-state index contributed by atoms with van der Waals surface area (Å²) in [7, 11) is 0. The van der Waals surface area contributed by atoms with E-state index in [1.165, 1.54) is 11.1 Å². The Morgan fingerprint density at radius 2 is 1.27 bits per heavy atom. The molecule has 0 aromatic heterocycles. The van der Waals surface area contributed by atoms with Gasteiger partial charge in [0.05, 0.1) is 0 Å². The molecule has 0 atom stereocenters. The van der Waals surface area contributed by atoms with Crippen LogP contribution in [0.2, 0.25) is 0 Å². The molecule has 0 aromatic carbocycles. The van der Waals surface area contributed by atoms with E-state index in [0.29, 0.717) is 11.4 Å². The Kier molecular flexibility index (Phi) is 2.77. The average molecular weight is 198 g/mol. The minimum absolute atomic E-state index is 0.675. The molecule has 0 bridgehead atoms. The van der Waals surface area contributed by atoms with E-state index in [2.05, 4.69) is 12.2 Å². The van der Waals surface area contributed by atoms with Gasteiger partial charge in [0.25, 0.3) is 0 Å². The number of nitrogens with one attached hydrogen (secondary N) is 2. The second kappa shape index (κ2) is 4.22. The van der Waals surface area contributed by atoms with Crippen molar-refractivity contribution in [3.8, 4) is 0 Å². The summed E-state index contributed by atoms with van der Waals surface area (Å²) < 4.78 is 0. The van der Waals surface area contributed by atoms with Gasteiger partial charge in [0.15, 0.2) is 0 Å². The van der Waals surface area contributed by atoms with Crippen molar-refractivity contribution in [1.29, 1.82) is 10.8 Å². The first kappa shape index (κ1) is 9.84. The number of allylic oxidation sites excluding steroid dienone is 8. The van der Waals surface area contributed by atoms with Crippen LogP contribution in [-0.4, -0.2) is 11.4 Å². The van der Waals surface area contributed by atoms with Gasteiger partial charge in [-0.15, -0.1) is 0 Å². The third-order valence-electron chi connectivity index (χ3n) is 2.57. The molecule has 2 heteroatoms. The van der Waals surface area contributed by atoms with Crippen LogP contribution in [0.5, 0.6) is 0 Å². The first-order valence-electron chi connectivity index (χ1n) is 5.13. The molecule has 0 radical (unpaired) electrons. The van der Waals surface area contributed by atoms with Gasteiger partial charge in [-0.05, 0) is 29.7 Å². The molecule has 0 saturated heterocycles. The van der Waals surface area contributed by atoms with Crippen LogP contribution in [0.15, 0.2) is 47.6 Å². The lowest BCUT2D eigenvalue weighted by Gasteiger charge is -2.11. The highest BCUT2D eigenvalue weighted by atomic mass is 14.4. The lowest BCUT2D eigenvalue weighted by Crippen LogP contribution is -1.99. The summed E-state index contributed by atoms with van der Waals surface area (Å²) in [4.78, 5) is 0. The first-order valence-corrected chi connectivity index (χ1v) is 5.13. The zero-order chi connectivity index (χ0) is 10.7. The summed E-state index contributed by atoms with van der Waals surface area (Å²) in [6, 6.07) is 0. The second-order valence-electron chi connectivity index (χ2n) is 3.86. The predicted octanol–water partition coefficient (Wildman–Crippen LogP) is 3.19. The van der Waals surface area contributed by atoms with Crippen LogP contribution in [0.25, 0.3) is 0 Å². The largest absolute Gasteiger partial charge is 0.305 e. The molecule has 2 N–H and O–H groups in total. The molecule has 76 valence electrons. The first-order chi connectivity index (χ1) is 7.24. The van der Waals surface area contributed by atoms with Gasteiger partial charge in [0.2, 0.25) is 0 Å². The molecule has 0 aromatic rings. The van der Waals surface area contributed by atoms with E-state index in [1.54, 1.807) is 0 Å². The number of hydrogen-bond acceptors (Lipinski definition) is 2. The molecule has 2 aliphatic carbocycles. The van der Waals surface area contributed by atoms with Crippen LogP contribution in [0.3, 0.4) is 0 Å². The van der Waals surface area contributed by atoms with Crippen molar-refractivity contribution in [2.75, 3.05) is 0 Å². The second-order valence-corrected chi connectivity index (χ2v) is 3.86. The summed E-state index contributed by atoms with van der Waals surface area (Å²) >= 11 is 0. The van der Waals surface area contributed by atoms with Crippen molar-refractivity contribution in [2.24, 2.45) is 0 Å². The van der Waals surface area contributed by atoms with E-state index >= 15 is 0 Å². The van der Waals surface area contributed by atoms with Gasteiger partial charge >= 0.3 is 0 Å². The third-order valence-corrected chi connectivity index (χ3v) is 2.57. The highest BCUT2D eigenvalue weighted by Crippen LogP contribution is 2.20. The van der Waals surface area contributed by atoms with Gasteiger partial charge < -0.3 is 10.8 Å². The molecule has 0 unspecified atom stereocenters. The van der Waals surface area contributed by atoms with Crippen LogP contribution in [0, 0.1) is 10.8 Å². The molecule has 0 fully saturated rings. The van der Waals surface area contributed by atoms with Crippen molar-refractivity contribution in [2.45, 2.75) is 19.3 Å². The molecule has 2 aliphatic rings. The van der Waals surface area contributed by atoms with Crippen molar-refractivity contribution in [1.82, 2.24) is 0 Å². The number of hydrogen-bond donors (Lipinski definition) is 2. The summed E-state index contributed by atoms with van der Waals surface area (Å²) in [6.07, 6.45) is 14.4. The standard InChI is InChI=1S/C13H14N2/c14-12-5-1-10(2-6-12)9-11-3-7-13(15)8-4-11/h1-5,7,14-15H,6,8-9H2. The molecule has 2 nitrogen and oxygen atoms in total. The Balaban J connectivity index is 1.99. The summed E-state index contributed by atoms with van der Waals surface area (Å²) in [6.45, 7) is 0. The van der Waals surface area contributed by atoms with Gasteiger partial charge in [0, 0.05) is 24.3 Å². The molecule has 0 spiro atoms. The van der Waals surface area contributed by atoms with Crippen molar-refractivity contribution >= 4 is 11.4 Å². The Hall–Kier alpha value is -1.70. The Morgan fingerprint density at radius 1 is 0.800 bits per heavy atom. The maximum absolute atomic E-state index is 7.44. The van der Waals surface area contributed by atoms with Gasteiger partial charge in [0.1, 0.15) is 0 Å². The van der Waals surface area contributed by atoms with E-state index in [9.17, 15) is 0 Å². The minimum atomic E-state index is 0.675. The third kappa shape index (κ3) is 2.62. The quantitative estimate of drug-likeness (QED) is 0.684. The van der Waals surface area contributed by atoms with Gasteiger partial charge in [-0.3, -0.25) is 0 Å². The fourth-order valence-electron chi connectivity index (χ4n) is 1.67. The summed E-state index contributed by atoms with van der Waals surface area (Å²) in [5.41, 5.74) is 3.90. The van der Waals surface area contributed by atoms with E-state index in [0.717, 1.165) is 19.3 Å². The summed E-state index contributed by atoms with van der Waals surface area (Å²) in [5, 5.41) is 14.9. The lowest BCUT2D eigenvalue weighted by molar-refractivity contribution is 1.14. The fourth-order valence-corrected chi connectivity index (χ4v) is 1.67. The molecule has 0 heterocycles. The molecular weight excluding hydrogens is 184 g/mol. The molecule has 15 heavy (non-hydrogen) atoms. The summed E-state index contributed by atoms with van der Waals surface area (Å²) in [5.74, 6) is 0. The van der Waals surface area contributed by atoms with Crippen LogP contribution in [-0.2, 0) is 0 Å². The van der Waals surface area contributed by atoms with E-state index in [4.69, 9.17) is 10.8 Å². The predicted molar refractivity (Wildman–Crippen MR) is 63.8 cm³/mol. The fraction of sp³-hybridized carbons (Fsp3) is 0.231. The average Bonchev–Trinajstić information content (AvgIpc) is 2.25. The maximum atomic E-state index is 7.44.